The quantitative estimate of drug-likeness (QED) is 0.162. The minimum Gasteiger partial charge on any atom is -0.493 e. The second kappa shape index (κ2) is 20.3. The fourth-order valence-corrected chi connectivity index (χ4v) is 5.24. The fourth-order valence-electron chi connectivity index (χ4n) is 5.24. The van der Waals surface area contributed by atoms with E-state index in [0.29, 0.717) is 63.8 Å². The number of ether oxygens (including phenoxy) is 3. The first-order valence-corrected chi connectivity index (χ1v) is 16.1. The third kappa shape index (κ3) is 13.1. The number of methoxy groups -OCH3 is 1. The van der Waals surface area contributed by atoms with Gasteiger partial charge in [0.1, 0.15) is 5.75 Å². The summed E-state index contributed by atoms with van der Waals surface area (Å²) >= 11 is 0. The van der Waals surface area contributed by atoms with E-state index in [4.69, 9.17) is 19.9 Å². The maximum atomic E-state index is 13.1. The topological polar surface area (TPSA) is 152 Å². The van der Waals surface area contributed by atoms with Crippen LogP contribution in [-0.4, -0.2) is 99.6 Å². The number of rotatable bonds is 20. The number of nitrogens with two attached hydrogens (primary N) is 1. The van der Waals surface area contributed by atoms with Gasteiger partial charge in [0.05, 0.1) is 31.5 Å². The highest BCUT2D eigenvalue weighted by Gasteiger charge is 2.30. The smallest absolute Gasteiger partial charge is 0.255 e. The van der Waals surface area contributed by atoms with Crippen molar-refractivity contribution >= 4 is 17.7 Å². The van der Waals surface area contributed by atoms with Crippen LogP contribution in [0.3, 0.4) is 0 Å². The third-order valence-corrected chi connectivity index (χ3v) is 8.31. The maximum Gasteiger partial charge on any atom is 0.255 e. The Kier molecular flexibility index (Phi) is 17.3. The van der Waals surface area contributed by atoms with Crippen molar-refractivity contribution in [2.75, 3.05) is 59.7 Å². The molecule has 0 aromatic heterocycles. The van der Waals surface area contributed by atoms with E-state index in [1.165, 1.54) is 0 Å². The van der Waals surface area contributed by atoms with Crippen molar-refractivity contribution in [3.63, 3.8) is 0 Å². The van der Waals surface area contributed by atoms with E-state index in [1.54, 1.807) is 24.1 Å². The largest absolute Gasteiger partial charge is 0.493 e. The summed E-state index contributed by atoms with van der Waals surface area (Å²) in [4.78, 5) is 40.3. The lowest BCUT2D eigenvalue weighted by Gasteiger charge is -2.30. The van der Waals surface area contributed by atoms with Crippen molar-refractivity contribution in [1.82, 2.24) is 15.5 Å². The van der Waals surface area contributed by atoms with Gasteiger partial charge in [-0.05, 0) is 55.6 Å². The van der Waals surface area contributed by atoms with Crippen LogP contribution in [0, 0.1) is 23.7 Å². The average molecular weight is 621 g/mol. The van der Waals surface area contributed by atoms with Gasteiger partial charge in [0.25, 0.3) is 5.91 Å². The number of aliphatic hydroxyl groups is 1. The van der Waals surface area contributed by atoms with E-state index in [9.17, 15) is 19.5 Å². The summed E-state index contributed by atoms with van der Waals surface area (Å²) in [6, 6.07) is 6.62. The summed E-state index contributed by atoms with van der Waals surface area (Å²) in [5, 5.41) is 16.9. The zero-order valence-corrected chi connectivity index (χ0v) is 27.4. The van der Waals surface area contributed by atoms with Gasteiger partial charge in [-0.3, -0.25) is 14.4 Å². The summed E-state index contributed by atoms with van der Waals surface area (Å²) in [5.41, 5.74) is 6.95. The van der Waals surface area contributed by atoms with Gasteiger partial charge in [-0.15, -0.1) is 0 Å². The Labute approximate surface area is 263 Å². The predicted octanol–water partition coefficient (Wildman–Crippen LogP) is 2.60. The zero-order valence-electron chi connectivity index (χ0n) is 27.4. The highest BCUT2D eigenvalue weighted by Crippen LogP contribution is 2.24. The molecule has 0 saturated carbocycles. The Morgan fingerprint density at radius 2 is 1.68 bits per heavy atom. The molecule has 0 spiro atoms. The van der Waals surface area contributed by atoms with Crippen LogP contribution in [0.25, 0.3) is 0 Å². The van der Waals surface area contributed by atoms with E-state index >= 15 is 0 Å². The molecule has 4 atom stereocenters. The predicted molar refractivity (Wildman–Crippen MR) is 170 cm³/mol. The van der Waals surface area contributed by atoms with E-state index in [1.807, 2.05) is 26.0 Å². The molecule has 4 unspecified atom stereocenters. The van der Waals surface area contributed by atoms with Gasteiger partial charge in [0, 0.05) is 58.3 Å². The van der Waals surface area contributed by atoms with Crippen LogP contribution >= 0.6 is 0 Å². The Balaban J connectivity index is 1.87. The normalized spacial score (nSPS) is 16.3. The standard InChI is InChI=1S/C33H56N4O7/c1-23(2)25(22-36-32(40)26-10-6-7-11-30(26)44-17-9-8-16-42-5)20-28(34)29(38)21-27(24(3)4)33(41)35-13-12-31(39)37-14-18-43-19-15-37/h6-7,10-11,23-25,27-29,38H,8-9,12-22,34H2,1-5H3,(H,35,41)(H,36,40). The lowest BCUT2D eigenvalue weighted by molar-refractivity contribution is -0.135. The molecule has 2 rings (SSSR count). The molecule has 11 nitrogen and oxygen atoms in total. The SMILES string of the molecule is COCCCCOc1ccccc1C(=O)NCC(CC(N)C(O)CC(C(=O)NCCC(=O)N1CCOCC1)C(C)C)C(C)C. The van der Waals surface area contributed by atoms with E-state index < -0.39 is 18.1 Å². The zero-order chi connectivity index (χ0) is 32.5. The monoisotopic (exact) mass is 620 g/mol. The van der Waals surface area contributed by atoms with Crippen molar-refractivity contribution in [1.29, 1.82) is 0 Å². The molecule has 1 aromatic carbocycles. The van der Waals surface area contributed by atoms with Crippen LogP contribution in [0.1, 0.15) is 70.2 Å². The van der Waals surface area contributed by atoms with Gasteiger partial charge in [0.15, 0.2) is 0 Å². The third-order valence-electron chi connectivity index (χ3n) is 8.31. The van der Waals surface area contributed by atoms with E-state index in [0.717, 1.165) is 12.8 Å². The molecule has 0 radical (unpaired) electrons. The van der Waals surface area contributed by atoms with E-state index in [2.05, 4.69) is 24.5 Å². The van der Waals surface area contributed by atoms with Crippen LogP contribution in [-0.2, 0) is 19.1 Å². The van der Waals surface area contributed by atoms with Gasteiger partial charge < -0.3 is 40.6 Å². The number of aliphatic hydroxyl groups excluding tert-OH is 1. The van der Waals surface area contributed by atoms with Crippen LogP contribution in [0.4, 0.5) is 0 Å². The number of morpholine rings is 1. The fraction of sp³-hybridized carbons (Fsp3) is 0.727. The van der Waals surface area contributed by atoms with Crippen LogP contribution < -0.4 is 21.1 Å². The van der Waals surface area contributed by atoms with Gasteiger partial charge in [-0.1, -0.05) is 39.8 Å². The molecule has 11 heteroatoms. The molecule has 1 aliphatic heterocycles. The van der Waals surface area contributed by atoms with Crippen molar-refractivity contribution in [3.05, 3.63) is 29.8 Å². The Bertz CT molecular complexity index is 1000. The van der Waals surface area contributed by atoms with Gasteiger partial charge in [0.2, 0.25) is 11.8 Å². The van der Waals surface area contributed by atoms with Crippen molar-refractivity contribution in [2.45, 2.75) is 71.9 Å². The summed E-state index contributed by atoms with van der Waals surface area (Å²) in [6.07, 6.45) is 1.74. The van der Waals surface area contributed by atoms with Crippen molar-refractivity contribution < 1.29 is 33.7 Å². The first-order valence-electron chi connectivity index (χ1n) is 16.1. The van der Waals surface area contributed by atoms with Crippen LogP contribution in [0.2, 0.25) is 0 Å². The van der Waals surface area contributed by atoms with Gasteiger partial charge >= 0.3 is 0 Å². The molecule has 1 heterocycles. The molecule has 1 fully saturated rings. The Morgan fingerprint density at radius 3 is 2.34 bits per heavy atom. The number of benzene rings is 1. The number of hydrogen-bond donors (Lipinski definition) is 4. The molecule has 3 amide bonds. The first kappa shape index (κ1) is 37.5. The lowest BCUT2D eigenvalue weighted by Crippen LogP contribution is -2.45. The molecule has 5 N–H and O–H groups in total. The maximum absolute atomic E-state index is 13.1. The van der Waals surface area contributed by atoms with Gasteiger partial charge in [-0.25, -0.2) is 0 Å². The Morgan fingerprint density at radius 1 is 1.00 bits per heavy atom. The average Bonchev–Trinajstić information content (AvgIpc) is 3.01. The molecule has 0 aliphatic carbocycles. The van der Waals surface area contributed by atoms with Crippen molar-refractivity contribution in [3.8, 4) is 5.75 Å². The highest BCUT2D eigenvalue weighted by molar-refractivity contribution is 5.96. The second-order valence-corrected chi connectivity index (χ2v) is 12.3. The highest BCUT2D eigenvalue weighted by atomic mass is 16.5. The number of carbonyl (C=O) groups excluding carboxylic acids is 3. The summed E-state index contributed by atoms with van der Waals surface area (Å²) in [6.45, 7) is 12.0. The molecule has 44 heavy (non-hydrogen) atoms. The van der Waals surface area contributed by atoms with Crippen LogP contribution in [0.15, 0.2) is 24.3 Å². The number of hydrogen-bond acceptors (Lipinski definition) is 8. The molecule has 1 aliphatic rings. The number of nitrogens with zero attached hydrogens (tertiary/aromatic N) is 1. The second-order valence-electron chi connectivity index (χ2n) is 12.3. The minimum atomic E-state index is -0.896. The van der Waals surface area contributed by atoms with Crippen LogP contribution in [0.5, 0.6) is 5.75 Å². The minimum absolute atomic E-state index is 0.00228. The summed E-state index contributed by atoms with van der Waals surface area (Å²) < 4.78 is 16.2. The summed E-state index contributed by atoms with van der Waals surface area (Å²) in [5.74, 6) is -0.116. The molecule has 250 valence electrons. The van der Waals surface area contributed by atoms with Gasteiger partial charge in [-0.2, -0.15) is 0 Å². The van der Waals surface area contributed by atoms with Crippen molar-refractivity contribution in [2.24, 2.45) is 29.4 Å². The molecular weight excluding hydrogens is 564 g/mol. The number of carbonyl (C=O) groups is 3. The first-order chi connectivity index (χ1) is 21.0. The number of unbranched alkanes of at least 4 members (excludes halogenated alkanes) is 1. The molecule has 1 saturated heterocycles. The number of nitrogens with one attached hydrogen (secondary N) is 2. The molecular formula is C33H56N4O7. The number of amides is 3. The number of para-hydroxylation sites is 1. The lowest BCUT2D eigenvalue weighted by atomic mass is 9.83. The Hall–Kier alpha value is -2.73. The molecule has 1 aromatic rings. The molecule has 0 bridgehead atoms. The summed E-state index contributed by atoms with van der Waals surface area (Å²) in [7, 11) is 1.67. The van der Waals surface area contributed by atoms with E-state index in [-0.39, 0.29) is 54.9 Å².